The Hall–Kier alpha value is -1.31. The standard InChI is InChI=1S/C17H26N4O.HI/c18-17(21-12-6-1-2-7-13-21)20-14-16(22)19-11-10-15-8-4-3-5-9-15;/h3-5,8-9H,1-2,6-7,10-14H2,(H2,18,20)(H,19,22);1H. The number of amides is 1. The van der Waals surface area contributed by atoms with Crippen molar-refractivity contribution in [2.75, 3.05) is 26.2 Å². The predicted octanol–water partition coefficient (Wildman–Crippen LogP) is 2.15. The van der Waals surface area contributed by atoms with Crippen molar-refractivity contribution < 1.29 is 4.79 Å². The Morgan fingerprint density at radius 3 is 2.43 bits per heavy atom. The Morgan fingerprint density at radius 1 is 1.13 bits per heavy atom. The van der Waals surface area contributed by atoms with Crippen molar-refractivity contribution in [2.24, 2.45) is 10.7 Å². The van der Waals surface area contributed by atoms with Gasteiger partial charge in [0.05, 0.1) is 0 Å². The minimum absolute atomic E-state index is 0. The molecule has 128 valence electrons. The van der Waals surface area contributed by atoms with Gasteiger partial charge in [0.1, 0.15) is 6.54 Å². The first-order valence-corrected chi connectivity index (χ1v) is 8.11. The highest BCUT2D eigenvalue weighted by atomic mass is 127. The molecule has 1 aliphatic rings. The Kier molecular flexibility index (Phi) is 9.66. The molecule has 1 saturated heterocycles. The summed E-state index contributed by atoms with van der Waals surface area (Å²) in [6, 6.07) is 10.1. The Labute approximate surface area is 155 Å². The molecule has 0 aliphatic carbocycles. The minimum Gasteiger partial charge on any atom is -0.370 e. The summed E-state index contributed by atoms with van der Waals surface area (Å²) < 4.78 is 0. The van der Waals surface area contributed by atoms with Crippen LogP contribution in [0.1, 0.15) is 31.2 Å². The van der Waals surface area contributed by atoms with Crippen LogP contribution < -0.4 is 11.1 Å². The van der Waals surface area contributed by atoms with Crippen LogP contribution in [0.25, 0.3) is 0 Å². The summed E-state index contributed by atoms with van der Waals surface area (Å²) in [7, 11) is 0. The number of carbonyl (C=O) groups is 1. The van der Waals surface area contributed by atoms with Crippen LogP contribution in [0.3, 0.4) is 0 Å². The van der Waals surface area contributed by atoms with Crippen LogP contribution in [0.4, 0.5) is 0 Å². The van der Waals surface area contributed by atoms with Crippen LogP contribution in [0.15, 0.2) is 35.3 Å². The molecule has 0 aromatic heterocycles. The number of likely N-dealkylation sites (tertiary alicyclic amines) is 1. The molecule has 0 radical (unpaired) electrons. The summed E-state index contributed by atoms with van der Waals surface area (Å²) in [6.45, 7) is 2.63. The first-order chi connectivity index (χ1) is 10.8. The topological polar surface area (TPSA) is 70.7 Å². The van der Waals surface area contributed by atoms with Gasteiger partial charge in [-0.1, -0.05) is 43.2 Å². The number of halogens is 1. The number of hydrogen-bond acceptors (Lipinski definition) is 2. The van der Waals surface area contributed by atoms with Gasteiger partial charge in [-0.2, -0.15) is 0 Å². The molecule has 0 spiro atoms. The SMILES string of the molecule is I.NC(=NCC(=O)NCCc1ccccc1)N1CCCCCC1. The van der Waals surface area contributed by atoms with E-state index in [-0.39, 0.29) is 36.4 Å². The van der Waals surface area contributed by atoms with Gasteiger partial charge in [0.25, 0.3) is 0 Å². The van der Waals surface area contributed by atoms with E-state index in [9.17, 15) is 4.79 Å². The van der Waals surface area contributed by atoms with Crippen LogP contribution in [0, 0.1) is 0 Å². The molecule has 1 amide bonds. The maximum Gasteiger partial charge on any atom is 0.241 e. The zero-order valence-electron chi connectivity index (χ0n) is 13.5. The van der Waals surface area contributed by atoms with Crippen LogP contribution in [0.2, 0.25) is 0 Å². The zero-order chi connectivity index (χ0) is 15.6. The van der Waals surface area contributed by atoms with Crippen molar-refractivity contribution in [2.45, 2.75) is 32.1 Å². The van der Waals surface area contributed by atoms with Gasteiger partial charge >= 0.3 is 0 Å². The molecule has 1 heterocycles. The van der Waals surface area contributed by atoms with E-state index in [0.29, 0.717) is 12.5 Å². The van der Waals surface area contributed by atoms with E-state index < -0.39 is 0 Å². The molecule has 1 aromatic rings. The minimum atomic E-state index is -0.0753. The highest BCUT2D eigenvalue weighted by molar-refractivity contribution is 14.0. The summed E-state index contributed by atoms with van der Waals surface area (Å²) in [6.07, 6.45) is 5.64. The molecule has 0 bridgehead atoms. The van der Waals surface area contributed by atoms with Crippen LogP contribution in [0.5, 0.6) is 0 Å². The lowest BCUT2D eigenvalue weighted by atomic mass is 10.1. The molecule has 1 aliphatic heterocycles. The molecular formula is C17H27IN4O. The zero-order valence-corrected chi connectivity index (χ0v) is 15.9. The second-order valence-electron chi connectivity index (χ2n) is 5.66. The van der Waals surface area contributed by atoms with Crippen molar-refractivity contribution in [1.29, 1.82) is 0 Å². The largest absolute Gasteiger partial charge is 0.370 e. The number of carbonyl (C=O) groups excluding carboxylic acids is 1. The average molecular weight is 430 g/mol. The highest BCUT2D eigenvalue weighted by Crippen LogP contribution is 2.08. The lowest BCUT2D eigenvalue weighted by Gasteiger charge is -2.20. The van der Waals surface area contributed by atoms with Gasteiger partial charge in [-0.05, 0) is 24.8 Å². The van der Waals surface area contributed by atoms with E-state index in [1.807, 2.05) is 18.2 Å². The first-order valence-electron chi connectivity index (χ1n) is 8.11. The van der Waals surface area contributed by atoms with Crippen LogP contribution in [-0.4, -0.2) is 42.9 Å². The molecule has 2 rings (SSSR count). The van der Waals surface area contributed by atoms with Crippen molar-refractivity contribution in [1.82, 2.24) is 10.2 Å². The molecule has 0 unspecified atom stereocenters. The Bertz CT molecular complexity index is 485. The quantitative estimate of drug-likeness (QED) is 0.427. The van der Waals surface area contributed by atoms with E-state index in [2.05, 4.69) is 27.3 Å². The van der Waals surface area contributed by atoms with Gasteiger partial charge in [0, 0.05) is 19.6 Å². The number of nitrogens with zero attached hydrogens (tertiary/aromatic N) is 2. The smallest absolute Gasteiger partial charge is 0.241 e. The average Bonchev–Trinajstić information content (AvgIpc) is 2.83. The summed E-state index contributed by atoms with van der Waals surface area (Å²) in [4.78, 5) is 18.1. The van der Waals surface area contributed by atoms with E-state index in [1.54, 1.807) is 0 Å². The molecule has 3 N–H and O–H groups in total. The van der Waals surface area contributed by atoms with Crippen LogP contribution in [-0.2, 0) is 11.2 Å². The molecule has 0 atom stereocenters. The summed E-state index contributed by atoms with van der Waals surface area (Å²) in [5.41, 5.74) is 7.20. The van der Waals surface area contributed by atoms with E-state index in [4.69, 9.17) is 5.73 Å². The van der Waals surface area contributed by atoms with Crippen molar-refractivity contribution in [3.05, 3.63) is 35.9 Å². The van der Waals surface area contributed by atoms with Gasteiger partial charge in [-0.15, -0.1) is 24.0 Å². The van der Waals surface area contributed by atoms with Gasteiger partial charge in [0.2, 0.25) is 5.91 Å². The van der Waals surface area contributed by atoms with Crippen molar-refractivity contribution >= 4 is 35.8 Å². The fourth-order valence-corrected chi connectivity index (χ4v) is 2.60. The summed E-state index contributed by atoms with van der Waals surface area (Å²) >= 11 is 0. The summed E-state index contributed by atoms with van der Waals surface area (Å²) in [5.74, 6) is 0.425. The van der Waals surface area contributed by atoms with Gasteiger partial charge in [-0.3, -0.25) is 4.79 Å². The van der Waals surface area contributed by atoms with Gasteiger partial charge < -0.3 is 16.0 Å². The van der Waals surface area contributed by atoms with Gasteiger partial charge in [0.15, 0.2) is 5.96 Å². The lowest BCUT2D eigenvalue weighted by Crippen LogP contribution is -2.39. The molecule has 5 nitrogen and oxygen atoms in total. The number of benzene rings is 1. The second-order valence-corrected chi connectivity index (χ2v) is 5.66. The normalized spacial score (nSPS) is 15.5. The molecule has 6 heteroatoms. The molecule has 1 aromatic carbocycles. The molecule has 0 saturated carbocycles. The van der Waals surface area contributed by atoms with Crippen LogP contribution >= 0.6 is 24.0 Å². The number of hydrogen-bond donors (Lipinski definition) is 2. The first kappa shape index (κ1) is 19.7. The lowest BCUT2D eigenvalue weighted by molar-refractivity contribution is -0.119. The molecular weight excluding hydrogens is 403 g/mol. The van der Waals surface area contributed by atoms with Crippen molar-refractivity contribution in [3.8, 4) is 0 Å². The summed E-state index contributed by atoms with van der Waals surface area (Å²) in [5, 5.41) is 2.88. The maximum absolute atomic E-state index is 11.8. The predicted molar refractivity (Wildman–Crippen MR) is 105 cm³/mol. The van der Waals surface area contributed by atoms with E-state index >= 15 is 0 Å². The second kappa shape index (κ2) is 11.3. The third-order valence-electron chi connectivity index (χ3n) is 3.89. The maximum atomic E-state index is 11.8. The fraction of sp³-hybridized carbons (Fsp3) is 0.529. The van der Waals surface area contributed by atoms with E-state index in [1.165, 1.54) is 18.4 Å². The number of guanidine groups is 1. The highest BCUT2D eigenvalue weighted by Gasteiger charge is 2.11. The van der Waals surface area contributed by atoms with Crippen molar-refractivity contribution in [3.63, 3.8) is 0 Å². The Balaban J connectivity index is 0.00000264. The number of nitrogens with one attached hydrogen (secondary N) is 1. The Morgan fingerprint density at radius 2 is 1.78 bits per heavy atom. The molecule has 23 heavy (non-hydrogen) atoms. The number of rotatable bonds is 5. The third kappa shape index (κ3) is 7.67. The number of aliphatic imine (C=N–C) groups is 1. The molecule has 1 fully saturated rings. The fourth-order valence-electron chi connectivity index (χ4n) is 2.60. The monoisotopic (exact) mass is 430 g/mol. The number of nitrogens with two attached hydrogens (primary N) is 1. The third-order valence-corrected chi connectivity index (χ3v) is 3.89. The van der Waals surface area contributed by atoms with E-state index in [0.717, 1.165) is 32.4 Å². The van der Waals surface area contributed by atoms with Gasteiger partial charge in [-0.25, -0.2) is 4.99 Å².